The Morgan fingerprint density at radius 2 is 1.23 bits per heavy atom. The summed E-state index contributed by atoms with van der Waals surface area (Å²) in [7, 11) is 0. The zero-order valence-corrected chi connectivity index (χ0v) is 29.5. The van der Waals surface area contributed by atoms with Gasteiger partial charge >= 0.3 is 11.9 Å². The van der Waals surface area contributed by atoms with Crippen LogP contribution in [0.4, 0.5) is 0 Å². The molecule has 0 amide bonds. The predicted molar refractivity (Wildman–Crippen MR) is 187 cm³/mol. The van der Waals surface area contributed by atoms with Crippen molar-refractivity contribution in [2.45, 2.75) is 160 Å². The Morgan fingerprint density at radius 3 is 1.85 bits per heavy atom. The Morgan fingerprint density at radius 1 is 0.667 bits per heavy atom. The maximum Gasteiger partial charge on any atom is 0.306 e. The van der Waals surface area contributed by atoms with Crippen molar-refractivity contribution in [3.8, 4) is 0 Å². The summed E-state index contributed by atoms with van der Waals surface area (Å²) in [6, 6.07) is 0. The van der Waals surface area contributed by atoms with E-state index < -0.39 is 55.4 Å². The van der Waals surface area contributed by atoms with E-state index in [2.05, 4.69) is 32.1 Å². The van der Waals surface area contributed by atoms with Crippen molar-refractivity contribution in [1.82, 2.24) is 0 Å². The fourth-order valence-corrected chi connectivity index (χ4v) is 5.14. The van der Waals surface area contributed by atoms with Crippen molar-refractivity contribution in [2.75, 3.05) is 19.8 Å². The molecule has 1 aliphatic rings. The Balaban J connectivity index is 2.44. The number of allylic oxidation sites excluding steroid dienone is 8. The van der Waals surface area contributed by atoms with Crippen molar-refractivity contribution in [2.24, 2.45) is 0 Å². The second-order valence-corrected chi connectivity index (χ2v) is 12.4. The molecular weight excluding hydrogens is 616 g/mol. The van der Waals surface area contributed by atoms with Gasteiger partial charge in [-0.25, -0.2) is 0 Å². The van der Waals surface area contributed by atoms with Gasteiger partial charge in [-0.05, 0) is 32.1 Å². The van der Waals surface area contributed by atoms with Crippen LogP contribution in [0.2, 0.25) is 0 Å². The van der Waals surface area contributed by atoms with Crippen LogP contribution >= 0.6 is 0 Å². The first-order chi connectivity index (χ1) is 23.3. The number of unbranched alkanes of at least 4 members (excludes halogenated alkanes) is 12. The molecule has 276 valence electrons. The molecule has 0 aromatic heterocycles. The lowest BCUT2D eigenvalue weighted by molar-refractivity contribution is -0.305. The number of aliphatic hydroxyl groups excluding tert-OH is 4. The number of aliphatic hydroxyl groups is 4. The van der Waals surface area contributed by atoms with E-state index in [-0.39, 0.29) is 26.1 Å². The Bertz CT molecular complexity index is 928. The highest BCUT2D eigenvalue weighted by Crippen LogP contribution is 2.22. The minimum absolute atomic E-state index is 0.203. The van der Waals surface area contributed by atoms with Crippen LogP contribution in [0.5, 0.6) is 0 Å². The Labute approximate surface area is 288 Å². The number of carbonyl (C=O) groups is 2. The molecule has 48 heavy (non-hydrogen) atoms. The molecule has 1 rings (SSSR count). The smallest absolute Gasteiger partial charge is 0.306 e. The SMILES string of the molecule is CC/C=C/C=C/C=C/C=C/CCCCCCCC(=O)O[C@H](COC(=O)CCCCCCCCCC)CO[C@@H]1O[C@H](CO)[C@H](O)C(O)C1O. The van der Waals surface area contributed by atoms with Gasteiger partial charge in [0.15, 0.2) is 12.4 Å². The molecule has 1 heterocycles. The van der Waals surface area contributed by atoms with Gasteiger partial charge < -0.3 is 39.4 Å². The fourth-order valence-electron chi connectivity index (χ4n) is 5.14. The first kappa shape index (κ1) is 43.7. The van der Waals surface area contributed by atoms with Gasteiger partial charge in [-0.2, -0.15) is 0 Å². The third kappa shape index (κ3) is 21.6. The van der Waals surface area contributed by atoms with Crippen molar-refractivity contribution in [3.63, 3.8) is 0 Å². The summed E-state index contributed by atoms with van der Waals surface area (Å²) in [4.78, 5) is 25.0. The summed E-state index contributed by atoms with van der Waals surface area (Å²) in [6.07, 6.45) is 24.2. The summed E-state index contributed by atoms with van der Waals surface area (Å²) in [5.41, 5.74) is 0. The first-order valence-electron chi connectivity index (χ1n) is 18.3. The van der Waals surface area contributed by atoms with E-state index in [0.717, 1.165) is 64.2 Å². The Hall–Kier alpha value is -2.34. The largest absolute Gasteiger partial charge is 0.462 e. The number of ether oxygens (including phenoxy) is 4. The maximum absolute atomic E-state index is 12.7. The minimum atomic E-state index is -1.60. The lowest BCUT2D eigenvalue weighted by atomic mass is 9.99. The monoisotopic (exact) mass is 680 g/mol. The molecular formula is C38H64O10. The highest BCUT2D eigenvalue weighted by Gasteiger charge is 2.44. The molecule has 0 bridgehead atoms. The normalized spacial score (nSPS) is 22.3. The van der Waals surface area contributed by atoms with Gasteiger partial charge in [0.2, 0.25) is 0 Å². The van der Waals surface area contributed by atoms with Gasteiger partial charge in [0.05, 0.1) is 13.2 Å². The standard InChI is InChI=1S/C38H64O10/c1-3-5-7-9-11-13-14-15-16-17-18-19-21-23-25-27-34(41)47-31(29-45-33(40)26-24-22-20-12-10-8-6-4-2)30-46-38-37(44)36(43)35(42)32(28-39)48-38/h5,7,9,11,13-16,31-32,35-39,42-44H,3-4,6,8,10,12,17-30H2,1-2H3/b7-5+,11-9+,14-13+,16-15+/t31-,32-,35+,36?,37?,38-/m1/s1. The van der Waals surface area contributed by atoms with Gasteiger partial charge in [-0.1, -0.05) is 127 Å². The molecule has 0 saturated carbocycles. The lowest BCUT2D eigenvalue weighted by Gasteiger charge is -2.39. The first-order valence-corrected chi connectivity index (χ1v) is 18.3. The number of carbonyl (C=O) groups excluding carboxylic acids is 2. The zero-order valence-electron chi connectivity index (χ0n) is 29.5. The van der Waals surface area contributed by atoms with Crippen molar-refractivity contribution in [3.05, 3.63) is 48.6 Å². The van der Waals surface area contributed by atoms with Crippen LogP contribution in [-0.4, -0.2) is 89.0 Å². The highest BCUT2D eigenvalue weighted by molar-refractivity contribution is 5.70. The molecule has 0 spiro atoms. The topological polar surface area (TPSA) is 152 Å². The average molecular weight is 681 g/mol. The minimum Gasteiger partial charge on any atom is -0.462 e. The van der Waals surface area contributed by atoms with Crippen LogP contribution in [0, 0.1) is 0 Å². The van der Waals surface area contributed by atoms with E-state index in [4.69, 9.17) is 18.9 Å². The van der Waals surface area contributed by atoms with Crippen LogP contribution < -0.4 is 0 Å². The van der Waals surface area contributed by atoms with Crippen LogP contribution in [0.1, 0.15) is 123 Å². The summed E-state index contributed by atoms with van der Waals surface area (Å²) in [5, 5.41) is 39.8. The number of hydrogen-bond donors (Lipinski definition) is 4. The maximum atomic E-state index is 12.7. The fraction of sp³-hybridized carbons (Fsp3) is 0.737. The molecule has 10 heteroatoms. The van der Waals surface area contributed by atoms with E-state index in [9.17, 15) is 30.0 Å². The molecule has 0 radical (unpaired) electrons. The molecule has 1 saturated heterocycles. The number of esters is 2. The molecule has 0 aromatic rings. The van der Waals surface area contributed by atoms with E-state index in [0.29, 0.717) is 6.42 Å². The van der Waals surface area contributed by atoms with Crippen LogP contribution in [0.3, 0.4) is 0 Å². The van der Waals surface area contributed by atoms with Gasteiger partial charge in [-0.15, -0.1) is 0 Å². The highest BCUT2D eigenvalue weighted by atomic mass is 16.7. The number of hydrogen-bond acceptors (Lipinski definition) is 10. The van der Waals surface area contributed by atoms with Crippen molar-refractivity contribution in [1.29, 1.82) is 0 Å². The van der Waals surface area contributed by atoms with E-state index in [1.165, 1.54) is 25.7 Å². The zero-order chi connectivity index (χ0) is 35.2. The second kappa shape index (κ2) is 29.6. The number of rotatable bonds is 28. The predicted octanol–water partition coefficient (Wildman–Crippen LogP) is 6.15. The Kier molecular flexibility index (Phi) is 26.9. The molecule has 0 aliphatic carbocycles. The van der Waals surface area contributed by atoms with Crippen molar-refractivity contribution < 1.29 is 49.0 Å². The van der Waals surface area contributed by atoms with E-state index in [1.54, 1.807) is 0 Å². The third-order valence-electron chi connectivity index (χ3n) is 8.07. The summed E-state index contributed by atoms with van der Waals surface area (Å²) in [5.74, 6) is -0.845. The summed E-state index contributed by atoms with van der Waals surface area (Å²) >= 11 is 0. The van der Waals surface area contributed by atoms with Gasteiger partial charge in [0.1, 0.15) is 31.0 Å². The molecule has 1 aliphatic heterocycles. The van der Waals surface area contributed by atoms with E-state index in [1.807, 2.05) is 30.4 Å². The van der Waals surface area contributed by atoms with Gasteiger partial charge in [-0.3, -0.25) is 9.59 Å². The molecule has 1 fully saturated rings. The summed E-state index contributed by atoms with van der Waals surface area (Å²) in [6.45, 7) is 3.19. The molecule has 4 N–H and O–H groups in total. The molecule has 2 unspecified atom stereocenters. The quantitative estimate of drug-likeness (QED) is 0.0430. The average Bonchev–Trinajstić information content (AvgIpc) is 3.08. The van der Waals surface area contributed by atoms with Gasteiger partial charge in [0, 0.05) is 12.8 Å². The van der Waals surface area contributed by atoms with Crippen LogP contribution in [-0.2, 0) is 28.5 Å². The third-order valence-corrected chi connectivity index (χ3v) is 8.07. The van der Waals surface area contributed by atoms with Crippen LogP contribution in [0.25, 0.3) is 0 Å². The molecule has 0 aromatic carbocycles. The summed E-state index contributed by atoms with van der Waals surface area (Å²) < 4.78 is 21.9. The lowest BCUT2D eigenvalue weighted by Crippen LogP contribution is -2.59. The van der Waals surface area contributed by atoms with Gasteiger partial charge in [0.25, 0.3) is 0 Å². The van der Waals surface area contributed by atoms with Crippen molar-refractivity contribution >= 4 is 11.9 Å². The molecule has 6 atom stereocenters. The molecule has 10 nitrogen and oxygen atoms in total. The second-order valence-electron chi connectivity index (χ2n) is 12.4. The van der Waals surface area contributed by atoms with E-state index >= 15 is 0 Å². The van der Waals surface area contributed by atoms with Crippen LogP contribution in [0.15, 0.2) is 48.6 Å².